The van der Waals surface area contributed by atoms with Crippen molar-refractivity contribution in [2.75, 3.05) is 5.73 Å². The van der Waals surface area contributed by atoms with Crippen molar-refractivity contribution in [3.8, 4) is 5.75 Å². The molecule has 0 spiro atoms. The highest BCUT2D eigenvalue weighted by atomic mass is 16.5. The lowest BCUT2D eigenvalue weighted by atomic mass is 10.3. The van der Waals surface area contributed by atoms with Crippen molar-refractivity contribution in [2.45, 2.75) is 6.61 Å². The molecule has 5 nitrogen and oxygen atoms in total. The van der Waals surface area contributed by atoms with E-state index in [1.807, 2.05) is 41.9 Å². The number of nitrogens with two attached hydrogens (primary N) is 1. The Morgan fingerprint density at radius 3 is 2.89 bits per heavy atom. The van der Waals surface area contributed by atoms with Gasteiger partial charge in [0.25, 0.3) is 0 Å². The number of fused-ring (bicyclic) bond motifs is 1. The number of rotatable bonds is 3. The number of para-hydroxylation sites is 2. The summed E-state index contributed by atoms with van der Waals surface area (Å²) in [6.07, 6.45) is 3.50. The number of benzene rings is 1. The molecule has 3 aromatic rings. The molecule has 0 atom stereocenters. The van der Waals surface area contributed by atoms with Crippen molar-refractivity contribution in [3.63, 3.8) is 0 Å². The molecule has 1 aromatic carbocycles. The van der Waals surface area contributed by atoms with Crippen molar-refractivity contribution in [1.82, 2.24) is 14.5 Å². The Morgan fingerprint density at radius 2 is 2.11 bits per heavy atom. The average Bonchev–Trinajstić information content (AvgIpc) is 2.75. The molecular formula is C14H14N4O. The fourth-order valence-electron chi connectivity index (χ4n) is 1.99. The number of pyridine rings is 1. The molecular weight excluding hydrogens is 240 g/mol. The number of nitrogen functional groups attached to an aromatic ring is 1. The maximum absolute atomic E-state index is 5.84. The molecule has 0 aliphatic carbocycles. The first kappa shape index (κ1) is 11.5. The van der Waals surface area contributed by atoms with Gasteiger partial charge in [-0.3, -0.25) is 4.98 Å². The molecule has 96 valence electrons. The Hall–Kier alpha value is -2.56. The molecule has 0 saturated carbocycles. The van der Waals surface area contributed by atoms with Crippen LogP contribution in [0, 0.1) is 0 Å². The zero-order valence-corrected chi connectivity index (χ0v) is 10.6. The predicted molar refractivity (Wildman–Crippen MR) is 73.7 cm³/mol. The molecule has 0 amide bonds. The summed E-state index contributed by atoms with van der Waals surface area (Å²) in [4.78, 5) is 8.55. The van der Waals surface area contributed by atoms with Gasteiger partial charge in [0, 0.05) is 13.2 Å². The van der Waals surface area contributed by atoms with Gasteiger partial charge in [-0.15, -0.1) is 0 Å². The Bertz CT molecular complexity index is 720. The quantitative estimate of drug-likeness (QED) is 0.727. The van der Waals surface area contributed by atoms with Crippen LogP contribution in [-0.2, 0) is 13.7 Å². The summed E-state index contributed by atoms with van der Waals surface area (Å²) in [6.45, 7) is 0.374. The smallest absolute Gasteiger partial charge is 0.147 e. The Balaban J connectivity index is 1.86. The molecule has 0 saturated heterocycles. The third-order valence-electron chi connectivity index (χ3n) is 3.05. The van der Waals surface area contributed by atoms with Gasteiger partial charge in [0.1, 0.15) is 23.7 Å². The van der Waals surface area contributed by atoms with E-state index >= 15 is 0 Å². The number of imidazole rings is 1. The lowest BCUT2D eigenvalue weighted by Crippen LogP contribution is -2.04. The van der Waals surface area contributed by atoms with E-state index in [1.54, 1.807) is 12.4 Å². The monoisotopic (exact) mass is 254 g/mol. The van der Waals surface area contributed by atoms with E-state index in [9.17, 15) is 0 Å². The highest BCUT2D eigenvalue weighted by Crippen LogP contribution is 2.21. The minimum absolute atomic E-state index is 0.374. The van der Waals surface area contributed by atoms with E-state index in [1.165, 1.54) is 0 Å². The second kappa shape index (κ2) is 4.61. The van der Waals surface area contributed by atoms with Gasteiger partial charge in [-0.2, -0.15) is 0 Å². The summed E-state index contributed by atoms with van der Waals surface area (Å²) in [6, 6.07) is 9.36. The molecule has 3 rings (SSSR count). The standard InChI is InChI=1S/C14H14N4O/c1-18-12-6-7-16-8-11(12)17-14(18)9-19-13-5-3-2-4-10(13)15/h2-8H,9,15H2,1H3. The van der Waals surface area contributed by atoms with Crippen LogP contribution in [0.15, 0.2) is 42.7 Å². The molecule has 2 heterocycles. The summed E-state index contributed by atoms with van der Waals surface area (Å²) in [5.74, 6) is 1.51. The van der Waals surface area contributed by atoms with Gasteiger partial charge in [0.05, 0.1) is 17.4 Å². The molecule has 0 radical (unpaired) electrons. The van der Waals surface area contributed by atoms with Crippen LogP contribution in [0.2, 0.25) is 0 Å². The number of nitrogens with zero attached hydrogens (tertiary/aromatic N) is 3. The van der Waals surface area contributed by atoms with Gasteiger partial charge < -0.3 is 15.0 Å². The average molecular weight is 254 g/mol. The first-order valence-electron chi connectivity index (χ1n) is 5.98. The lowest BCUT2D eigenvalue weighted by molar-refractivity contribution is 0.294. The zero-order valence-electron chi connectivity index (χ0n) is 10.6. The Kier molecular flexibility index (Phi) is 2.79. The molecule has 5 heteroatoms. The van der Waals surface area contributed by atoms with E-state index in [0.29, 0.717) is 18.0 Å². The molecule has 0 bridgehead atoms. The van der Waals surface area contributed by atoms with Crippen LogP contribution in [0.3, 0.4) is 0 Å². The van der Waals surface area contributed by atoms with Gasteiger partial charge in [0.15, 0.2) is 0 Å². The van der Waals surface area contributed by atoms with Crippen LogP contribution >= 0.6 is 0 Å². The minimum atomic E-state index is 0.374. The zero-order chi connectivity index (χ0) is 13.2. The molecule has 19 heavy (non-hydrogen) atoms. The summed E-state index contributed by atoms with van der Waals surface area (Å²) in [5, 5.41) is 0. The van der Waals surface area contributed by atoms with Gasteiger partial charge in [-0.25, -0.2) is 4.98 Å². The van der Waals surface area contributed by atoms with E-state index in [4.69, 9.17) is 10.5 Å². The van der Waals surface area contributed by atoms with Crippen molar-refractivity contribution < 1.29 is 4.74 Å². The number of ether oxygens (including phenoxy) is 1. The van der Waals surface area contributed by atoms with Crippen LogP contribution < -0.4 is 10.5 Å². The largest absolute Gasteiger partial charge is 0.484 e. The highest BCUT2D eigenvalue weighted by molar-refractivity contribution is 5.74. The predicted octanol–water partition coefficient (Wildman–Crippen LogP) is 2.13. The van der Waals surface area contributed by atoms with E-state index in [-0.39, 0.29) is 0 Å². The normalized spacial score (nSPS) is 10.8. The second-order valence-electron chi connectivity index (χ2n) is 4.28. The maximum atomic E-state index is 5.84. The topological polar surface area (TPSA) is 66.0 Å². The fraction of sp³-hybridized carbons (Fsp3) is 0.143. The van der Waals surface area contributed by atoms with Crippen LogP contribution in [0.1, 0.15) is 5.82 Å². The molecule has 2 aromatic heterocycles. The van der Waals surface area contributed by atoms with Crippen LogP contribution in [-0.4, -0.2) is 14.5 Å². The summed E-state index contributed by atoms with van der Waals surface area (Å²) in [5.41, 5.74) is 8.37. The number of anilines is 1. The van der Waals surface area contributed by atoms with Crippen molar-refractivity contribution in [2.24, 2.45) is 7.05 Å². The van der Waals surface area contributed by atoms with Gasteiger partial charge >= 0.3 is 0 Å². The fourth-order valence-corrected chi connectivity index (χ4v) is 1.99. The van der Waals surface area contributed by atoms with Crippen LogP contribution in [0.25, 0.3) is 11.0 Å². The highest BCUT2D eigenvalue weighted by Gasteiger charge is 2.08. The number of hydrogen-bond donors (Lipinski definition) is 1. The van der Waals surface area contributed by atoms with Crippen molar-refractivity contribution >= 4 is 16.7 Å². The second-order valence-corrected chi connectivity index (χ2v) is 4.28. The molecule has 0 unspecified atom stereocenters. The number of aryl methyl sites for hydroxylation is 1. The van der Waals surface area contributed by atoms with Gasteiger partial charge in [0.2, 0.25) is 0 Å². The van der Waals surface area contributed by atoms with E-state index in [0.717, 1.165) is 16.9 Å². The summed E-state index contributed by atoms with van der Waals surface area (Å²) >= 11 is 0. The first-order chi connectivity index (χ1) is 9.25. The Labute approximate surface area is 110 Å². The third kappa shape index (κ3) is 2.10. The molecule has 0 aliphatic heterocycles. The van der Waals surface area contributed by atoms with Crippen molar-refractivity contribution in [3.05, 3.63) is 48.5 Å². The van der Waals surface area contributed by atoms with E-state index in [2.05, 4.69) is 9.97 Å². The molecule has 2 N–H and O–H groups in total. The summed E-state index contributed by atoms with van der Waals surface area (Å²) in [7, 11) is 1.96. The van der Waals surface area contributed by atoms with Crippen LogP contribution in [0.5, 0.6) is 5.75 Å². The minimum Gasteiger partial charge on any atom is -0.484 e. The maximum Gasteiger partial charge on any atom is 0.147 e. The SMILES string of the molecule is Cn1c(COc2ccccc2N)nc2cnccc21. The van der Waals surface area contributed by atoms with E-state index < -0.39 is 0 Å². The number of hydrogen-bond acceptors (Lipinski definition) is 4. The number of aromatic nitrogens is 3. The summed E-state index contributed by atoms with van der Waals surface area (Å²) < 4.78 is 7.70. The molecule has 0 fully saturated rings. The third-order valence-corrected chi connectivity index (χ3v) is 3.05. The van der Waals surface area contributed by atoms with Crippen molar-refractivity contribution in [1.29, 1.82) is 0 Å². The van der Waals surface area contributed by atoms with Crippen LogP contribution in [0.4, 0.5) is 5.69 Å². The first-order valence-corrected chi connectivity index (χ1v) is 5.98. The van der Waals surface area contributed by atoms with Gasteiger partial charge in [-0.05, 0) is 18.2 Å². The van der Waals surface area contributed by atoms with Gasteiger partial charge in [-0.1, -0.05) is 12.1 Å². The lowest BCUT2D eigenvalue weighted by Gasteiger charge is -2.08. The Morgan fingerprint density at radius 1 is 1.26 bits per heavy atom. The molecule has 0 aliphatic rings.